The fourth-order valence-corrected chi connectivity index (χ4v) is 2.31. The van der Waals surface area contributed by atoms with Crippen molar-refractivity contribution in [1.82, 2.24) is 5.32 Å². The second-order valence-corrected chi connectivity index (χ2v) is 4.73. The van der Waals surface area contributed by atoms with Crippen molar-refractivity contribution in [3.63, 3.8) is 0 Å². The maximum Gasteiger partial charge on any atom is 0.228 e. The van der Waals surface area contributed by atoms with E-state index in [1.807, 2.05) is 25.1 Å². The van der Waals surface area contributed by atoms with Crippen molar-refractivity contribution in [3.05, 3.63) is 35.4 Å². The van der Waals surface area contributed by atoms with E-state index in [0.29, 0.717) is 0 Å². The highest BCUT2D eigenvalue weighted by atomic mass is 16.2. The SMILES string of the molecule is CC(CCCO)NC(=O)C1Cc2ccccc21. The van der Waals surface area contributed by atoms with Crippen molar-refractivity contribution < 1.29 is 9.90 Å². The van der Waals surface area contributed by atoms with Crippen molar-refractivity contribution >= 4 is 5.91 Å². The van der Waals surface area contributed by atoms with Crippen LogP contribution in [0.3, 0.4) is 0 Å². The number of benzene rings is 1. The molecule has 1 amide bonds. The lowest BCUT2D eigenvalue weighted by atomic mass is 9.77. The summed E-state index contributed by atoms with van der Waals surface area (Å²) < 4.78 is 0. The van der Waals surface area contributed by atoms with Gasteiger partial charge in [-0.3, -0.25) is 4.79 Å². The summed E-state index contributed by atoms with van der Waals surface area (Å²) in [5.41, 5.74) is 2.45. The normalized spacial score (nSPS) is 19.1. The molecule has 2 N–H and O–H groups in total. The number of hydrogen-bond donors (Lipinski definition) is 2. The number of aliphatic hydroxyl groups excluding tert-OH is 1. The Kier molecular flexibility index (Phi) is 3.79. The van der Waals surface area contributed by atoms with E-state index in [4.69, 9.17) is 5.11 Å². The van der Waals surface area contributed by atoms with E-state index in [0.717, 1.165) is 19.3 Å². The number of rotatable bonds is 5. The van der Waals surface area contributed by atoms with Gasteiger partial charge in [-0.25, -0.2) is 0 Å². The van der Waals surface area contributed by atoms with Crippen molar-refractivity contribution in [2.24, 2.45) is 0 Å². The smallest absolute Gasteiger partial charge is 0.228 e. The Hall–Kier alpha value is -1.35. The third-order valence-corrected chi connectivity index (χ3v) is 3.35. The molecule has 3 nitrogen and oxygen atoms in total. The summed E-state index contributed by atoms with van der Waals surface area (Å²) in [6.07, 6.45) is 2.42. The molecule has 0 spiro atoms. The quantitative estimate of drug-likeness (QED) is 0.811. The molecule has 0 saturated carbocycles. The van der Waals surface area contributed by atoms with Crippen LogP contribution in [-0.4, -0.2) is 23.7 Å². The van der Waals surface area contributed by atoms with Crippen LogP contribution >= 0.6 is 0 Å². The van der Waals surface area contributed by atoms with E-state index < -0.39 is 0 Å². The van der Waals surface area contributed by atoms with E-state index in [2.05, 4.69) is 11.4 Å². The zero-order valence-electron chi connectivity index (χ0n) is 10.1. The molecule has 0 fully saturated rings. The molecule has 0 aliphatic heterocycles. The van der Waals surface area contributed by atoms with Crippen LogP contribution in [0.5, 0.6) is 0 Å². The van der Waals surface area contributed by atoms with Crippen LogP contribution in [0.4, 0.5) is 0 Å². The summed E-state index contributed by atoms with van der Waals surface area (Å²) >= 11 is 0. The van der Waals surface area contributed by atoms with Gasteiger partial charge in [0.25, 0.3) is 0 Å². The minimum Gasteiger partial charge on any atom is -0.396 e. The first-order valence-electron chi connectivity index (χ1n) is 6.21. The summed E-state index contributed by atoms with van der Waals surface area (Å²) in [5, 5.41) is 11.7. The lowest BCUT2D eigenvalue weighted by Crippen LogP contribution is -2.40. The summed E-state index contributed by atoms with van der Waals surface area (Å²) in [7, 11) is 0. The number of fused-ring (bicyclic) bond motifs is 1. The summed E-state index contributed by atoms with van der Waals surface area (Å²) in [5.74, 6) is 0.150. The van der Waals surface area contributed by atoms with Crippen LogP contribution in [0.1, 0.15) is 36.8 Å². The molecular formula is C14H19NO2. The number of nitrogens with one attached hydrogen (secondary N) is 1. The average molecular weight is 233 g/mol. The zero-order valence-corrected chi connectivity index (χ0v) is 10.1. The maximum absolute atomic E-state index is 12.0. The topological polar surface area (TPSA) is 49.3 Å². The van der Waals surface area contributed by atoms with Crippen LogP contribution in [0.15, 0.2) is 24.3 Å². The fourth-order valence-electron chi connectivity index (χ4n) is 2.31. The second-order valence-electron chi connectivity index (χ2n) is 4.73. The highest BCUT2D eigenvalue weighted by molar-refractivity contribution is 5.87. The largest absolute Gasteiger partial charge is 0.396 e. The predicted octanol–water partition coefficient (Wildman–Crippen LogP) is 1.60. The summed E-state index contributed by atoms with van der Waals surface area (Å²) in [6, 6.07) is 8.24. The Morgan fingerprint density at radius 3 is 3.00 bits per heavy atom. The molecule has 1 aliphatic rings. The Morgan fingerprint density at radius 2 is 2.29 bits per heavy atom. The van der Waals surface area contributed by atoms with Gasteiger partial charge in [0.1, 0.15) is 0 Å². The van der Waals surface area contributed by atoms with Crippen LogP contribution in [0, 0.1) is 0 Å². The molecule has 1 aromatic carbocycles. The van der Waals surface area contributed by atoms with E-state index in [-0.39, 0.29) is 24.5 Å². The van der Waals surface area contributed by atoms with Gasteiger partial charge >= 0.3 is 0 Å². The monoisotopic (exact) mass is 233 g/mol. The highest BCUT2D eigenvalue weighted by Crippen LogP contribution is 2.34. The van der Waals surface area contributed by atoms with Crippen LogP contribution < -0.4 is 5.32 Å². The van der Waals surface area contributed by atoms with Gasteiger partial charge in [-0.1, -0.05) is 24.3 Å². The number of aliphatic hydroxyl groups is 1. The number of carbonyl (C=O) groups is 1. The zero-order chi connectivity index (χ0) is 12.3. The third-order valence-electron chi connectivity index (χ3n) is 3.35. The molecule has 0 heterocycles. The predicted molar refractivity (Wildman–Crippen MR) is 66.8 cm³/mol. The van der Waals surface area contributed by atoms with Crippen molar-refractivity contribution in [1.29, 1.82) is 0 Å². The van der Waals surface area contributed by atoms with Crippen molar-refractivity contribution in [2.45, 2.75) is 38.1 Å². The number of hydrogen-bond acceptors (Lipinski definition) is 2. The van der Waals surface area contributed by atoms with Gasteiger partial charge in [-0.15, -0.1) is 0 Å². The molecule has 0 aromatic heterocycles. The second kappa shape index (κ2) is 5.32. The van der Waals surface area contributed by atoms with E-state index in [1.165, 1.54) is 11.1 Å². The first kappa shape index (κ1) is 12.1. The molecule has 3 heteroatoms. The molecule has 0 saturated heterocycles. The van der Waals surface area contributed by atoms with Gasteiger partial charge in [0.05, 0.1) is 5.92 Å². The van der Waals surface area contributed by atoms with E-state index >= 15 is 0 Å². The molecule has 1 aromatic rings. The molecule has 17 heavy (non-hydrogen) atoms. The maximum atomic E-state index is 12.0. The lowest BCUT2D eigenvalue weighted by Gasteiger charge is -2.30. The molecular weight excluding hydrogens is 214 g/mol. The average Bonchev–Trinajstić information content (AvgIpc) is 2.28. The Balaban J connectivity index is 1.87. The van der Waals surface area contributed by atoms with Gasteiger partial charge in [-0.05, 0) is 37.3 Å². The molecule has 2 atom stereocenters. The van der Waals surface area contributed by atoms with Crippen molar-refractivity contribution in [3.8, 4) is 0 Å². The molecule has 0 radical (unpaired) electrons. The molecule has 2 rings (SSSR count). The minimum atomic E-state index is 0.0303. The lowest BCUT2D eigenvalue weighted by molar-refractivity contribution is -0.123. The van der Waals surface area contributed by atoms with Gasteiger partial charge in [0.15, 0.2) is 0 Å². The van der Waals surface area contributed by atoms with Crippen LogP contribution in [0.2, 0.25) is 0 Å². The van der Waals surface area contributed by atoms with Crippen LogP contribution in [-0.2, 0) is 11.2 Å². The van der Waals surface area contributed by atoms with E-state index in [1.54, 1.807) is 0 Å². The summed E-state index contributed by atoms with van der Waals surface area (Å²) in [6.45, 7) is 2.17. The highest BCUT2D eigenvalue weighted by Gasteiger charge is 2.31. The fraction of sp³-hybridized carbons (Fsp3) is 0.500. The molecule has 0 bridgehead atoms. The molecule has 2 unspecified atom stereocenters. The third kappa shape index (κ3) is 2.67. The van der Waals surface area contributed by atoms with Crippen LogP contribution in [0.25, 0.3) is 0 Å². The molecule has 1 aliphatic carbocycles. The standard InChI is InChI=1S/C14H19NO2/c1-10(5-4-8-16)15-14(17)13-9-11-6-2-3-7-12(11)13/h2-3,6-7,10,13,16H,4-5,8-9H2,1H3,(H,15,17). The first-order valence-corrected chi connectivity index (χ1v) is 6.21. The first-order chi connectivity index (χ1) is 8.22. The molecule has 92 valence electrons. The Labute approximate surface area is 102 Å². The van der Waals surface area contributed by atoms with Gasteiger partial charge in [-0.2, -0.15) is 0 Å². The van der Waals surface area contributed by atoms with E-state index in [9.17, 15) is 4.79 Å². The van der Waals surface area contributed by atoms with Crippen molar-refractivity contribution in [2.75, 3.05) is 6.61 Å². The van der Waals surface area contributed by atoms with Gasteiger partial charge < -0.3 is 10.4 Å². The summed E-state index contributed by atoms with van der Waals surface area (Å²) in [4.78, 5) is 12.0. The Morgan fingerprint density at radius 1 is 1.53 bits per heavy atom. The van der Waals surface area contributed by atoms with Gasteiger partial charge in [0, 0.05) is 12.6 Å². The number of amides is 1. The number of carbonyl (C=O) groups excluding carboxylic acids is 1. The van der Waals surface area contributed by atoms with Gasteiger partial charge in [0.2, 0.25) is 5.91 Å². The minimum absolute atomic E-state index is 0.0303. The Bertz CT molecular complexity index is 403.